The first-order valence-electron chi connectivity index (χ1n) is 14.0. The van der Waals surface area contributed by atoms with Crippen molar-refractivity contribution in [2.45, 2.75) is 32.2 Å². The van der Waals surface area contributed by atoms with Crippen LogP contribution in [0.25, 0.3) is 55.6 Å². The predicted octanol–water partition coefficient (Wildman–Crippen LogP) is 6.66. The molecule has 0 aliphatic heterocycles. The van der Waals surface area contributed by atoms with E-state index < -0.39 is 0 Å². The van der Waals surface area contributed by atoms with Crippen LogP contribution in [0.15, 0.2) is 67.4 Å². The van der Waals surface area contributed by atoms with Gasteiger partial charge in [0, 0.05) is 64.9 Å². The molecule has 206 valence electrons. The highest BCUT2D eigenvalue weighted by atomic mass is 19.1. The van der Waals surface area contributed by atoms with Crippen LogP contribution in [-0.4, -0.2) is 43.8 Å². The van der Waals surface area contributed by atoms with Crippen molar-refractivity contribution in [3.8, 4) is 39.4 Å². The van der Waals surface area contributed by atoms with Crippen molar-refractivity contribution in [3.63, 3.8) is 0 Å². The highest BCUT2D eigenvalue weighted by Gasteiger charge is 2.17. The summed E-state index contributed by atoms with van der Waals surface area (Å²) in [6, 6.07) is 10.9. The first kappa shape index (κ1) is 25.3. The zero-order chi connectivity index (χ0) is 27.8. The number of pyridine rings is 3. The van der Waals surface area contributed by atoms with Gasteiger partial charge in [0.1, 0.15) is 11.6 Å². The molecule has 1 aliphatic rings. The van der Waals surface area contributed by atoms with Gasteiger partial charge in [-0.3, -0.25) is 15.1 Å². The van der Waals surface area contributed by atoms with Gasteiger partial charge < -0.3 is 15.0 Å². The molecule has 0 unspecified atom stereocenters. The van der Waals surface area contributed by atoms with Crippen molar-refractivity contribution in [1.82, 2.24) is 35.5 Å². The lowest BCUT2D eigenvalue weighted by molar-refractivity contribution is 0.411. The number of benzene rings is 1. The van der Waals surface area contributed by atoms with Gasteiger partial charge in [-0.05, 0) is 66.8 Å². The molecule has 1 fully saturated rings. The van der Waals surface area contributed by atoms with Gasteiger partial charge in [0.05, 0.1) is 30.2 Å². The van der Waals surface area contributed by atoms with Crippen LogP contribution >= 0.6 is 0 Å². The van der Waals surface area contributed by atoms with Crippen molar-refractivity contribution < 1.29 is 9.13 Å². The predicted molar refractivity (Wildman–Crippen MR) is 158 cm³/mol. The average molecular weight is 548 g/mol. The van der Waals surface area contributed by atoms with Crippen LogP contribution in [0.4, 0.5) is 4.39 Å². The minimum atomic E-state index is -0.367. The minimum absolute atomic E-state index is 0.367. The van der Waals surface area contributed by atoms with Crippen LogP contribution in [0.5, 0.6) is 5.75 Å². The molecule has 1 aromatic carbocycles. The number of H-pyrrole nitrogens is 2. The van der Waals surface area contributed by atoms with Gasteiger partial charge in [0.15, 0.2) is 5.65 Å². The second kappa shape index (κ2) is 10.7. The van der Waals surface area contributed by atoms with E-state index in [0.29, 0.717) is 17.0 Å². The van der Waals surface area contributed by atoms with Crippen LogP contribution in [0.3, 0.4) is 0 Å². The summed E-state index contributed by atoms with van der Waals surface area (Å²) in [6.45, 7) is 1.86. The molecule has 0 amide bonds. The molecule has 0 atom stereocenters. The molecule has 0 saturated heterocycles. The molecule has 1 aliphatic carbocycles. The zero-order valence-electron chi connectivity index (χ0n) is 22.7. The summed E-state index contributed by atoms with van der Waals surface area (Å²) in [5, 5.41) is 13.0. The van der Waals surface area contributed by atoms with Gasteiger partial charge in [-0.2, -0.15) is 5.10 Å². The summed E-state index contributed by atoms with van der Waals surface area (Å²) >= 11 is 0. The second-order valence-corrected chi connectivity index (χ2v) is 10.8. The number of rotatable bonds is 8. The molecule has 5 heterocycles. The van der Waals surface area contributed by atoms with E-state index in [2.05, 4.69) is 47.6 Å². The summed E-state index contributed by atoms with van der Waals surface area (Å²) in [7, 11) is 1.53. The minimum Gasteiger partial charge on any atom is -0.497 e. The summed E-state index contributed by atoms with van der Waals surface area (Å²) in [4.78, 5) is 17.0. The quantitative estimate of drug-likeness (QED) is 0.197. The number of nitrogens with zero attached hydrogens (tertiary/aromatic N) is 4. The van der Waals surface area contributed by atoms with Crippen molar-refractivity contribution in [2.24, 2.45) is 5.92 Å². The molecule has 8 nitrogen and oxygen atoms in total. The number of fused-ring (bicyclic) bond motifs is 2. The van der Waals surface area contributed by atoms with Gasteiger partial charge in [-0.15, -0.1) is 0 Å². The number of aromatic nitrogens is 6. The molecule has 5 aromatic heterocycles. The van der Waals surface area contributed by atoms with E-state index in [1.54, 1.807) is 18.5 Å². The number of methoxy groups -OCH3 is 1. The summed E-state index contributed by atoms with van der Waals surface area (Å²) in [6.07, 6.45) is 14.5. The molecule has 0 bridgehead atoms. The van der Waals surface area contributed by atoms with Gasteiger partial charge in [-0.25, -0.2) is 9.37 Å². The van der Waals surface area contributed by atoms with Gasteiger partial charge >= 0.3 is 0 Å². The van der Waals surface area contributed by atoms with Crippen molar-refractivity contribution in [1.29, 1.82) is 0 Å². The van der Waals surface area contributed by atoms with Crippen LogP contribution in [0.2, 0.25) is 0 Å². The van der Waals surface area contributed by atoms with Crippen LogP contribution in [0.1, 0.15) is 31.2 Å². The third kappa shape index (κ3) is 5.04. The average Bonchev–Trinajstić information content (AvgIpc) is 3.76. The SMILES string of the molecule is COc1cc(F)cc(-c2cncc3[nH]c(-c4[nH]nc5ncc(-c6cncc(CNCC7CCCC7)c6)cc45)cc23)c1. The smallest absolute Gasteiger partial charge is 0.181 e. The lowest BCUT2D eigenvalue weighted by Gasteiger charge is -2.11. The highest BCUT2D eigenvalue weighted by Crippen LogP contribution is 2.35. The van der Waals surface area contributed by atoms with Gasteiger partial charge in [0.2, 0.25) is 0 Å². The summed E-state index contributed by atoms with van der Waals surface area (Å²) in [5.74, 6) is 0.882. The van der Waals surface area contributed by atoms with E-state index in [1.165, 1.54) is 44.9 Å². The Bertz CT molecular complexity index is 1850. The largest absolute Gasteiger partial charge is 0.497 e. The Kier molecular flexibility index (Phi) is 6.64. The normalized spacial score (nSPS) is 13.9. The van der Waals surface area contributed by atoms with Crippen molar-refractivity contribution in [3.05, 3.63) is 78.8 Å². The highest BCUT2D eigenvalue weighted by molar-refractivity contribution is 6.00. The van der Waals surface area contributed by atoms with E-state index in [-0.39, 0.29) is 5.82 Å². The molecule has 0 radical (unpaired) electrons. The van der Waals surface area contributed by atoms with E-state index >= 15 is 0 Å². The van der Waals surface area contributed by atoms with Gasteiger partial charge in [0.25, 0.3) is 0 Å². The molecule has 6 aromatic rings. The maximum Gasteiger partial charge on any atom is 0.181 e. The number of halogens is 1. The summed E-state index contributed by atoms with van der Waals surface area (Å²) < 4.78 is 19.6. The number of ether oxygens (including phenoxy) is 1. The van der Waals surface area contributed by atoms with E-state index in [1.807, 2.05) is 24.7 Å². The van der Waals surface area contributed by atoms with Crippen molar-refractivity contribution in [2.75, 3.05) is 13.7 Å². The second-order valence-electron chi connectivity index (χ2n) is 10.8. The number of hydrogen-bond acceptors (Lipinski definition) is 6. The van der Waals surface area contributed by atoms with E-state index in [4.69, 9.17) is 4.74 Å². The first-order chi connectivity index (χ1) is 20.1. The Morgan fingerprint density at radius 1 is 0.902 bits per heavy atom. The maximum absolute atomic E-state index is 14.3. The Hall–Kier alpha value is -4.63. The lowest BCUT2D eigenvalue weighted by atomic mass is 10.0. The molecule has 3 N–H and O–H groups in total. The standard InChI is InChI=1S/C32H30FN7O/c1-41-25-8-21(7-24(33)10-25)28-17-36-18-30-26(28)11-29(38-30)31-27-9-23(16-37-32(27)40-39-31)22-6-20(14-35-15-22)13-34-12-19-4-2-3-5-19/h6-11,14-19,34,38H,2-5,12-13H2,1H3,(H,37,39,40). The monoisotopic (exact) mass is 547 g/mol. The Morgan fingerprint density at radius 2 is 1.76 bits per heavy atom. The van der Waals surface area contributed by atoms with Crippen LogP contribution in [0, 0.1) is 11.7 Å². The molecule has 0 spiro atoms. The molecule has 41 heavy (non-hydrogen) atoms. The maximum atomic E-state index is 14.3. The Labute approximate surface area is 236 Å². The molecule has 7 rings (SSSR count). The Morgan fingerprint density at radius 3 is 2.63 bits per heavy atom. The molecular formula is C32H30FN7O. The number of nitrogens with one attached hydrogen (secondary N) is 3. The third-order valence-corrected chi connectivity index (χ3v) is 8.01. The fraction of sp³-hybridized carbons (Fsp3) is 0.250. The zero-order valence-corrected chi connectivity index (χ0v) is 22.7. The molecule has 9 heteroatoms. The Balaban J connectivity index is 1.21. The van der Waals surface area contributed by atoms with E-state index in [9.17, 15) is 4.39 Å². The third-order valence-electron chi connectivity index (χ3n) is 8.01. The topological polar surface area (TPSA) is 104 Å². The van der Waals surface area contributed by atoms with Crippen LogP contribution < -0.4 is 10.1 Å². The van der Waals surface area contributed by atoms with Gasteiger partial charge in [-0.1, -0.05) is 12.8 Å². The number of hydrogen-bond donors (Lipinski definition) is 3. The van der Waals surface area contributed by atoms with Crippen LogP contribution in [-0.2, 0) is 6.54 Å². The first-order valence-corrected chi connectivity index (χ1v) is 14.0. The van der Waals surface area contributed by atoms with E-state index in [0.717, 1.165) is 68.9 Å². The van der Waals surface area contributed by atoms with Crippen molar-refractivity contribution >= 4 is 21.9 Å². The lowest BCUT2D eigenvalue weighted by Crippen LogP contribution is -2.20. The number of aromatic amines is 2. The summed E-state index contributed by atoms with van der Waals surface area (Å²) in [5.41, 5.74) is 7.72. The fourth-order valence-corrected chi connectivity index (χ4v) is 5.89. The molecular weight excluding hydrogens is 517 g/mol. The fourth-order valence-electron chi connectivity index (χ4n) is 5.89. The molecule has 1 saturated carbocycles.